The molecule has 1 heterocycles. The van der Waals surface area contributed by atoms with Crippen LogP contribution in [0, 0.1) is 6.92 Å². The van der Waals surface area contributed by atoms with Gasteiger partial charge in [-0.3, -0.25) is 4.79 Å². The SMILES string of the molecule is Cc1cc(C(=O)N2CCCC2c2ccc(CN)cc2)ccc1O. The predicted molar refractivity (Wildman–Crippen MR) is 90.2 cm³/mol. The predicted octanol–water partition coefficient (Wildman–Crippen LogP) is 3.14. The molecule has 0 radical (unpaired) electrons. The fourth-order valence-electron chi connectivity index (χ4n) is 3.19. The highest BCUT2D eigenvalue weighted by atomic mass is 16.3. The first-order valence-electron chi connectivity index (χ1n) is 7.99. The van der Waals surface area contributed by atoms with E-state index in [1.165, 1.54) is 0 Å². The average Bonchev–Trinajstić information content (AvgIpc) is 3.06. The van der Waals surface area contributed by atoms with E-state index in [-0.39, 0.29) is 17.7 Å². The molecule has 2 aromatic carbocycles. The number of aromatic hydroxyl groups is 1. The van der Waals surface area contributed by atoms with Gasteiger partial charge in [0.15, 0.2) is 0 Å². The second-order valence-corrected chi connectivity index (χ2v) is 6.10. The van der Waals surface area contributed by atoms with E-state index < -0.39 is 0 Å². The molecule has 1 aliphatic rings. The molecular formula is C19H22N2O2. The summed E-state index contributed by atoms with van der Waals surface area (Å²) in [6, 6.07) is 13.3. The molecule has 0 bridgehead atoms. The van der Waals surface area contributed by atoms with Crippen molar-refractivity contribution >= 4 is 5.91 Å². The van der Waals surface area contributed by atoms with E-state index in [2.05, 4.69) is 12.1 Å². The summed E-state index contributed by atoms with van der Waals surface area (Å²) in [6.07, 6.45) is 1.98. The Labute approximate surface area is 136 Å². The number of nitrogens with zero attached hydrogens (tertiary/aromatic N) is 1. The van der Waals surface area contributed by atoms with Crippen molar-refractivity contribution in [1.29, 1.82) is 0 Å². The monoisotopic (exact) mass is 310 g/mol. The van der Waals surface area contributed by atoms with Gasteiger partial charge in [-0.25, -0.2) is 0 Å². The van der Waals surface area contributed by atoms with Gasteiger partial charge < -0.3 is 15.7 Å². The molecular weight excluding hydrogens is 288 g/mol. The van der Waals surface area contributed by atoms with Crippen LogP contribution >= 0.6 is 0 Å². The molecule has 1 aliphatic heterocycles. The van der Waals surface area contributed by atoms with Gasteiger partial charge in [0, 0.05) is 18.7 Å². The zero-order chi connectivity index (χ0) is 16.4. The number of benzene rings is 2. The van der Waals surface area contributed by atoms with Crippen LogP contribution in [-0.2, 0) is 6.54 Å². The smallest absolute Gasteiger partial charge is 0.254 e. The molecule has 0 saturated carbocycles. The Balaban J connectivity index is 1.85. The van der Waals surface area contributed by atoms with Gasteiger partial charge in [0.05, 0.1) is 6.04 Å². The topological polar surface area (TPSA) is 66.6 Å². The molecule has 2 aromatic rings. The van der Waals surface area contributed by atoms with Crippen LogP contribution in [0.25, 0.3) is 0 Å². The minimum atomic E-state index is 0.0264. The molecule has 3 rings (SSSR count). The van der Waals surface area contributed by atoms with Crippen molar-refractivity contribution < 1.29 is 9.90 Å². The molecule has 1 atom stereocenters. The van der Waals surface area contributed by atoms with E-state index in [4.69, 9.17) is 5.73 Å². The Kier molecular flexibility index (Phi) is 4.35. The number of hydrogen-bond donors (Lipinski definition) is 2. The first-order valence-corrected chi connectivity index (χ1v) is 7.99. The molecule has 1 unspecified atom stereocenters. The van der Waals surface area contributed by atoms with Gasteiger partial charge in [-0.2, -0.15) is 0 Å². The summed E-state index contributed by atoms with van der Waals surface area (Å²) in [7, 11) is 0. The number of likely N-dealkylation sites (tertiary alicyclic amines) is 1. The quantitative estimate of drug-likeness (QED) is 0.915. The summed E-state index contributed by atoms with van der Waals surface area (Å²) >= 11 is 0. The molecule has 120 valence electrons. The minimum Gasteiger partial charge on any atom is -0.508 e. The number of phenols is 1. The van der Waals surface area contributed by atoms with Gasteiger partial charge in [-0.15, -0.1) is 0 Å². The normalized spacial score (nSPS) is 17.5. The Morgan fingerprint density at radius 2 is 2.00 bits per heavy atom. The van der Waals surface area contributed by atoms with Crippen molar-refractivity contribution in [2.24, 2.45) is 5.73 Å². The highest BCUT2D eigenvalue weighted by molar-refractivity contribution is 5.95. The van der Waals surface area contributed by atoms with Crippen LogP contribution in [-0.4, -0.2) is 22.5 Å². The molecule has 1 amide bonds. The fraction of sp³-hybridized carbons (Fsp3) is 0.316. The van der Waals surface area contributed by atoms with Crippen LogP contribution in [0.1, 0.15) is 45.9 Å². The van der Waals surface area contributed by atoms with E-state index in [1.54, 1.807) is 25.1 Å². The maximum Gasteiger partial charge on any atom is 0.254 e. The average molecular weight is 310 g/mol. The van der Waals surface area contributed by atoms with Crippen LogP contribution < -0.4 is 5.73 Å². The Morgan fingerprint density at radius 3 is 2.65 bits per heavy atom. The van der Waals surface area contributed by atoms with Crippen molar-refractivity contribution in [2.45, 2.75) is 32.4 Å². The summed E-state index contributed by atoms with van der Waals surface area (Å²) in [5, 5.41) is 9.64. The molecule has 3 N–H and O–H groups in total. The third-order valence-corrected chi connectivity index (χ3v) is 4.56. The number of aryl methyl sites for hydroxylation is 1. The highest BCUT2D eigenvalue weighted by Crippen LogP contribution is 2.33. The Morgan fingerprint density at radius 1 is 1.26 bits per heavy atom. The summed E-state index contributed by atoms with van der Waals surface area (Å²) in [4.78, 5) is 14.8. The number of rotatable bonds is 3. The lowest BCUT2D eigenvalue weighted by Crippen LogP contribution is -2.30. The maximum absolute atomic E-state index is 12.8. The van der Waals surface area contributed by atoms with Gasteiger partial charge in [0.25, 0.3) is 5.91 Å². The summed E-state index contributed by atoms with van der Waals surface area (Å²) < 4.78 is 0. The third-order valence-electron chi connectivity index (χ3n) is 4.56. The second kappa shape index (κ2) is 6.42. The van der Waals surface area contributed by atoms with Gasteiger partial charge in [-0.1, -0.05) is 24.3 Å². The Bertz CT molecular complexity index is 710. The number of nitrogens with two attached hydrogens (primary N) is 1. The lowest BCUT2D eigenvalue weighted by Gasteiger charge is -2.25. The molecule has 0 spiro atoms. The lowest BCUT2D eigenvalue weighted by atomic mass is 10.0. The van der Waals surface area contributed by atoms with Gasteiger partial charge in [0.1, 0.15) is 5.75 Å². The number of amides is 1. The van der Waals surface area contributed by atoms with Crippen molar-refractivity contribution in [3.8, 4) is 5.75 Å². The van der Waals surface area contributed by atoms with Crippen molar-refractivity contribution in [3.05, 3.63) is 64.7 Å². The maximum atomic E-state index is 12.8. The van der Waals surface area contributed by atoms with Crippen LogP contribution in [0.15, 0.2) is 42.5 Å². The Hall–Kier alpha value is -2.33. The van der Waals surface area contributed by atoms with Crippen LogP contribution in [0.2, 0.25) is 0 Å². The van der Waals surface area contributed by atoms with Gasteiger partial charge >= 0.3 is 0 Å². The second-order valence-electron chi connectivity index (χ2n) is 6.10. The first-order chi connectivity index (χ1) is 11.1. The molecule has 1 saturated heterocycles. The van der Waals surface area contributed by atoms with Crippen molar-refractivity contribution in [3.63, 3.8) is 0 Å². The van der Waals surface area contributed by atoms with E-state index in [0.717, 1.165) is 36.1 Å². The van der Waals surface area contributed by atoms with Crippen LogP contribution in [0.4, 0.5) is 0 Å². The third kappa shape index (κ3) is 3.08. The number of carbonyl (C=O) groups is 1. The van der Waals surface area contributed by atoms with Crippen molar-refractivity contribution in [2.75, 3.05) is 6.54 Å². The van der Waals surface area contributed by atoms with Gasteiger partial charge in [-0.05, 0) is 54.7 Å². The zero-order valence-electron chi connectivity index (χ0n) is 13.3. The summed E-state index contributed by atoms with van der Waals surface area (Å²) in [5.74, 6) is 0.246. The number of phenolic OH excluding ortho intramolecular Hbond substituents is 1. The molecule has 4 nitrogen and oxygen atoms in total. The van der Waals surface area contributed by atoms with Crippen molar-refractivity contribution in [1.82, 2.24) is 4.90 Å². The molecule has 1 fully saturated rings. The number of hydrogen-bond acceptors (Lipinski definition) is 3. The number of carbonyl (C=O) groups excluding carboxylic acids is 1. The van der Waals surface area contributed by atoms with Gasteiger partial charge in [0.2, 0.25) is 0 Å². The summed E-state index contributed by atoms with van der Waals surface area (Å²) in [6.45, 7) is 3.10. The van der Waals surface area contributed by atoms with Crippen LogP contribution in [0.5, 0.6) is 5.75 Å². The lowest BCUT2D eigenvalue weighted by molar-refractivity contribution is 0.0735. The van der Waals surface area contributed by atoms with E-state index in [1.807, 2.05) is 17.0 Å². The van der Waals surface area contributed by atoms with Crippen LogP contribution in [0.3, 0.4) is 0 Å². The van der Waals surface area contributed by atoms with E-state index in [0.29, 0.717) is 12.1 Å². The minimum absolute atomic E-state index is 0.0264. The largest absolute Gasteiger partial charge is 0.508 e. The molecule has 0 aromatic heterocycles. The zero-order valence-corrected chi connectivity index (χ0v) is 13.3. The van der Waals surface area contributed by atoms with E-state index >= 15 is 0 Å². The highest BCUT2D eigenvalue weighted by Gasteiger charge is 2.30. The van der Waals surface area contributed by atoms with E-state index in [9.17, 15) is 9.90 Å². The molecule has 0 aliphatic carbocycles. The first kappa shape index (κ1) is 15.6. The summed E-state index contributed by atoms with van der Waals surface area (Å²) in [5.41, 5.74) is 9.25. The molecule has 4 heteroatoms. The molecule has 23 heavy (non-hydrogen) atoms. The fourth-order valence-corrected chi connectivity index (χ4v) is 3.19. The standard InChI is InChI=1S/C19H22N2O2/c1-13-11-16(8-9-18(13)22)19(23)21-10-2-3-17(21)15-6-4-14(12-20)5-7-15/h4-9,11,17,22H,2-3,10,12,20H2,1H3.